The lowest BCUT2D eigenvalue weighted by molar-refractivity contribution is -0.132. The van der Waals surface area contributed by atoms with E-state index in [1.165, 1.54) is 11.3 Å². The number of aryl methyl sites for hydroxylation is 1. The molecule has 2 heterocycles. The van der Waals surface area contributed by atoms with Crippen LogP contribution in [0.3, 0.4) is 0 Å². The van der Waals surface area contributed by atoms with Crippen molar-refractivity contribution in [1.29, 1.82) is 0 Å². The van der Waals surface area contributed by atoms with E-state index >= 15 is 0 Å². The van der Waals surface area contributed by atoms with Gasteiger partial charge < -0.3 is 19.3 Å². The van der Waals surface area contributed by atoms with Crippen LogP contribution in [0.25, 0.3) is 0 Å². The van der Waals surface area contributed by atoms with Crippen LogP contribution in [0.15, 0.2) is 35.7 Å². The number of carbonyl (C=O) groups excluding carboxylic acids is 2. The van der Waals surface area contributed by atoms with Crippen LogP contribution in [0, 0.1) is 0 Å². The Hall–Kier alpha value is -2.54. The van der Waals surface area contributed by atoms with Crippen LogP contribution >= 0.6 is 11.3 Å². The summed E-state index contributed by atoms with van der Waals surface area (Å²) < 4.78 is 10.7. The monoisotopic (exact) mass is 388 g/mol. The van der Waals surface area contributed by atoms with E-state index < -0.39 is 0 Å². The molecule has 0 bridgehead atoms. The van der Waals surface area contributed by atoms with Gasteiger partial charge in [-0.25, -0.2) is 0 Å². The molecule has 7 heteroatoms. The highest BCUT2D eigenvalue weighted by atomic mass is 32.1. The number of benzene rings is 1. The van der Waals surface area contributed by atoms with Gasteiger partial charge in [0.05, 0.1) is 19.1 Å². The lowest BCUT2D eigenvalue weighted by Crippen LogP contribution is -2.50. The van der Waals surface area contributed by atoms with Gasteiger partial charge >= 0.3 is 0 Å². The van der Waals surface area contributed by atoms with Gasteiger partial charge in [-0.3, -0.25) is 9.59 Å². The van der Waals surface area contributed by atoms with Crippen LogP contribution in [0.5, 0.6) is 11.5 Å². The molecule has 0 unspecified atom stereocenters. The zero-order valence-electron chi connectivity index (χ0n) is 15.6. The molecule has 0 radical (unpaired) electrons. The molecule has 1 aliphatic heterocycles. The van der Waals surface area contributed by atoms with Crippen molar-refractivity contribution in [3.63, 3.8) is 0 Å². The molecule has 144 valence electrons. The summed E-state index contributed by atoms with van der Waals surface area (Å²) in [7, 11) is 3.21. The van der Waals surface area contributed by atoms with E-state index in [1.807, 2.05) is 45.5 Å². The van der Waals surface area contributed by atoms with Crippen molar-refractivity contribution in [3.8, 4) is 11.5 Å². The fraction of sp³-hybridized carbons (Fsp3) is 0.400. The number of para-hydroxylation sites is 1. The van der Waals surface area contributed by atoms with Crippen molar-refractivity contribution in [2.24, 2.45) is 0 Å². The topological polar surface area (TPSA) is 59.1 Å². The third-order valence-electron chi connectivity index (χ3n) is 4.74. The highest BCUT2D eigenvalue weighted by molar-refractivity contribution is 7.12. The molecular weight excluding hydrogens is 364 g/mol. The summed E-state index contributed by atoms with van der Waals surface area (Å²) in [6, 6.07) is 9.41. The van der Waals surface area contributed by atoms with E-state index in [9.17, 15) is 9.59 Å². The van der Waals surface area contributed by atoms with Crippen LogP contribution in [0.2, 0.25) is 0 Å². The Morgan fingerprint density at radius 3 is 2.37 bits per heavy atom. The summed E-state index contributed by atoms with van der Waals surface area (Å²) in [6.07, 6.45) is 0.996. The molecule has 6 nitrogen and oxygen atoms in total. The first kappa shape index (κ1) is 19.2. The molecule has 2 aromatic rings. The Balaban J connectivity index is 1.52. The van der Waals surface area contributed by atoms with Gasteiger partial charge in [-0.1, -0.05) is 18.2 Å². The number of methoxy groups -OCH3 is 2. The Labute approximate surface area is 163 Å². The van der Waals surface area contributed by atoms with E-state index in [0.29, 0.717) is 50.5 Å². The second-order valence-electron chi connectivity index (χ2n) is 6.30. The number of hydrogen-bond acceptors (Lipinski definition) is 5. The largest absolute Gasteiger partial charge is 0.493 e. The fourth-order valence-corrected chi connectivity index (χ4v) is 3.96. The molecule has 0 saturated carbocycles. The number of thiophene rings is 1. The molecular formula is C20H24N2O4S. The quantitative estimate of drug-likeness (QED) is 0.763. The molecule has 1 fully saturated rings. The number of ether oxygens (including phenoxy) is 2. The molecule has 0 spiro atoms. The van der Waals surface area contributed by atoms with E-state index in [2.05, 4.69) is 0 Å². The molecule has 0 aliphatic carbocycles. The third-order valence-corrected chi connectivity index (χ3v) is 5.60. The predicted molar refractivity (Wildman–Crippen MR) is 105 cm³/mol. The summed E-state index contributed by atoms with van der Waals surface area (Å²) >= 11 is 1.45. The van der Waals surface area contributed by atoms with E-state index in [4.69, 9.17) is 9.47 Å². The van der Waals surface area contributed by atoms with Crippen LogP contribution < -0.4 is 9.47 Å². The zero-order chi connectivity index (χ0) is 19.2. The van der Waals surface area contributed by atoms with E-state index in [-0.39, 0.29) is 11.8 Å². The maximum absolute atomic E-state index is 12.6. The second-order valence-corrected chi connectivity index (χ2v) is 7.25. The van der Waals surface area contributed by atoms with Gasteiger partial charge in [0.1, 0.15) is 0 Å². The summed E-state index contributed by atoms with van der Waals surface area (Å²) in [4.78, 5) is 29.4. The van der Waals surface area contributed by atoms with Gasteiger partial charge in [0.2, 0.25) is 5.91 Å². The van der Waals surface area contributed by atoms with E-state index in [1.54, 1.807) is 14.2 Å². The number of nitrogens with zero attached hydrogens (tertiary/aromatic N) is 2. The molecule has 0 atom stereocenters. The number of hydrogen-bond donors (Lipinski definition) is 0. The van der Waals surface area contributed by atoms with Gasteiger partial charge in [0.15, 0.2) is 11.5 Å². The number of piperazine rings is 1. The molecule has 2 amide bonds. The third kappa shape index (κ3) is 4.42. The van der Waals surface area contributed by atoms with Crippen LogP contribution in [0.1, 0.15) is 21.7 Å². The summed E-state index contributed by atoms with van der Waals surface area (Å²) in [5.41, 5.74) is 0.955. The lowest BCUT2D eigenvalue weighted by atomic mass is 10.1. The van der Waals surface area contributed by atoms with Crippen LogP contribution in [-0.2, 0) is 11.2 Å². The van der Waals surface area contributed by atoms with Crippen molar-refractivity contribution >= 4 is 23.2 Å². The zero-order valence-corrected chi connectivity index (χ0v) is 16.5. The summed E-state index contributed by atoms with van der Waals surface area (Å²) in [5.74, 6) is 1.50. The highest BCUT2D eigenvalue weighted by Crippen LogP contribution is 2.31. The first-order valence-electron chi connectivity index (χ1n) is 8.94. The van der Waals surface area contributed by atoms with Crippen LogP contribution in [0.4, 0.5) is 0 Å². The van der Waals surface area contributed by atoms with Gasteiger partial charge in [0.25, 0.3) is 5.91 Å². The average molecular weight is 388 g/mol. The minimum Gasteiger partial charge on any atom is -0.493 e. The Morgan fingerprint density at radius 2 is 1.74 bits per heavy atom. The molecule has 27 heavy (non-hydrogen) atoms. The van der Waals surface area contributed by atoms with Crippen molar-refractivity contribution in [2.45, 2.75) is 12.8 Å². The minimum absolute atomic E-state index is 0.0539. The molecule has 1 aromatic carbocycles. The summed E-state index contributed by atoms with van der Waals surface area (Å²) in [6.45, 7) is 2.30. The molecule has 1 aromatic heterocycles. The van der Waals surface area contributed by atoms with Crippen molar-refractivity contribution < 1.29 is 19.1 Å². The van der Waals surface area contributed by atoms with Gasteiger partial charge in [-0.05, 0) is 29.5 Å². The maximum atomic E-state index is 12.6. The smallest absolute Gasteiger partial charge is 0.264 e. The first-order valence-corrected chi connectivity index (χ1v) is 9.82. The fourth-order valence-electron chi connectivity index (χ4n) is 3.27. The van der Waals surface area contributed by atoms with Gasteiger partial charge in [-0.15, -0.1) is 11.3 Å². The van der Waals surface area contributed by atoms with Crippen molar-refractivity contribution in [3.05, 3.63) is 46.2 Å². The Kier molecular flexibility index (Phi) is 6.34. The number of carbonyl (C=O) groups is 2. The molecule has 1 aliphatic rings. The summed E-state index contributed by atoms with van der Waals surface area (Å²) in [5, 5.41) is 1.90. The SMILES string of the molecule is COc1cccc(CCC(=O)N2CCN(C(=O)c3cccs3)CC2)c1OC. The predicted octanol–water partition coefficient (Wildman–Crippen LogP) is 2.68. The van der Waals surface area contributed by atoms with Crippen LogP contribution in [-0.4, -0.2) is 62.0 Å². The first-order chi connectivity index (χ1) is 13.1. The minimum atomic E-state index is 0.0539. The molecule has 3 rings (SSSR count). The van der Waals surface area contributed by atoms with E-state index in [0.717, 1.165) is 10.4 Å². The standard InChI is InChI=1S/C20H24N2O4S/c1-25-16-6-3-5-15(19(16)26-2)8-9-18(23)21-10-12-22(13-11-21)20(24)17-7-4-14-27-17/h3-7,14H,8-13H2,1-2H3. The number of amides is 2. The van der Waals surface area contributed by atoms with Crippen molar-refractivity contribution in [1.82, 2.24) is 9.80 Å². The maximum Gasteiger partial charge on any atom is 0.264 e. The van der Waals surface area contributed by atoms with Crippen molar-refractivity contribution in [2.75, 3.05) is 40.4 Å². The van der Waals surface area contributed by atoms with Gasteiger partial charge in [-0.2, -0.15) is 0 Å². The Bertz CT molecular complexity index is 783. The lowest BCUT2D eigenvalue weighted by Gasteiger charge is -2.34. The molecule has 1 saturated heterocycles. The normalized spacial score (nSPS) is 14.1. The second kappa shape index (κ2) is 8.90. The highest BCUT2D eigenvalue weighted by Gasteiger charge is 2.25. The average Bonchev–Trinajstić information content (AvgIpc) is 3.26. The van der Waals surface area contributed by atoms with Gasteiger partial charge in [0, 0.05) is 32.6 Å². The molecule has 0 N–H and O–H groups in total. The number of rotatable bonds is 6. The Morgan fingerprint density at radius 1 is 1.00 bits per heavy atom.